The van der Waals surface area contributed by atoms with Crippen LogP contribution in [-0.2, 0) is 57.5 Å². The Balaban J connectivity index is 0.00000605. The van der Waals surface area contributed by atoms with E-state index in [2.05, 4.69) is 25.5 Å². The third-order valence-corrected chi connectivity index (χ3v) is 10.5. The minimum absolute atomic E-state index is 0. The summed E-state index contributed by atoms with van der Waals surface area (Å²) in [6.07, 6.45) is -1.65. The van der Waals surface area contributed by atoms with Crippen molar-refractivity contribution in [3.8, 4) is 17.2 Å². The summed E-state index contributed by atoms with van der Waals surface area (Å²) in [7, 11) is -21.4. The fourth-order valence-electron chi connectivity index (χ4n) is 4.64. The number of hydrogen-bond acceptors (Lipinski definition) is 16. The van der Waals surface area contributed by atoms with Crippen LogP contribution in [0.5, 0.6) is 17.2 Å². The van der Waals surface area contributed by atoms with Crippen molar-refractivity contribution in [1.82, 2.24) is 9.97 Å². The van der Waals surface area contributed by atoms with Crippen molar-refractivity contribution < 1.29 is 211 Å². The van der Waals surface area contributed by atoms with Gasteiger partial charge in [-0.05, 0) is 24.3 Å². The Morgan fingerprint density at radius 3 is 1.66 bits per heavy atom. The second kappa shape index (κ2) is 20.0. The minimum Gasteiger partial charge on any atom is -0.507 e. The van der Waals surface area contributed by atoms with Crippen LogP contribution in [0, 0.1) is 12.0 Å². The molecule has 0 amide bonds. The summed E-state index contributed by atoms with van der Waals surface area (Å²) in [6.45, 7) is 0. The zero-order valence-electron chi connectivity index (χ0n) is 28.2. The molecule has 0 saturated carbocycles. The molecule has 0 saturated heterocycles. The van der Waals surface area contributed by atoms with Crippen molar-refractivity contribution in [2.45, 2.75) is 19.6 Å². The van der Waals surface area contributed by atoms with Gasteiger partial charge < -0.3 is 20.6 Å². The van der Waals surface area contributed by atoms with Gasteiger partial charge in [0.25, 0.3) is 40.5 Å². The Morgan fingerprint density at radius 2 is 1.14 bits per heavy atom. The van der Waals surface area contributed by atoms with Gasteiger partial charge in [-0.15, -0.1) is 10.2 Å². The average Bonchev–Trinajstić information content (AvgIpc) is 2.97. The molecule has 0 unspecified atom stereocenters. The smallest absolute Gasteiger partial charge is 0.507 e. The van der Waals surface area contributed by atoms with E-state index in [4.69, 9.17) is 11.6 Å². The monoisotopic (exact) mass is 968 g/mol. The van der Waals surface area contributed by atoms with Crippen LogP contribution in [0.25, 0.3) is 21.5 Å². The molecule has 5 aromatic rings. The number of phenols is 3. The summed E-state index contributed by atoms with van der Waals surface area (Å²) < 4.78 is 164. The topological polar surface area (TPSA) is 341 Å². The first-order chi connectivity index (χ1) is 23.3. The van der Waals surface area contributed by atoms with Crippen LogP contribution < -0.4 is 124 Å². The van der Waals surface area contributed by atoms with Crippen LogP contribution in [0.2, 0.25) is 5.02 Å². The van der Waals surface area contributed by atoms with E-state index in [1.54, 1.807) is 0 Å². The van der Waals surface area contributed by atoms with E-state index < -0.39 is 139 Å². The molecular weight excluding hydrogens is 956 g/mol. The number of nitrogens with one attached hydrogen (secondary N) is 1. The summed E-state index contributed by atoms with van der Waals surface area (Å²) in [4.78, 5) is 1.01. The largest absolute Gasteiger partial charge is 1.00 e. The molecule has 281 valence electrons. The summed E-state index contributed by atoms with van der Waals surface area (Å²) in [5.74, 6) is -6.13. The number of hydrogen-bond donors (Lipinski definition) is 8. The zero-order chi connectivity index (χ0) is 38.2. The number of benzene rings is 4. The van der Waals surface area contributed by atoms with E-state index in [1.807, 2.05) is 0 Å². The molecule has 8 N–H and O–H groups in total. The molecule has 0 aliphatic heterocycles. The number of aromatic hydroxyl groups is 3. The molecule has 0 bridgehead atoms. The minimum atomic E-state index is -5.50. The number of nitrogens with zero attached hydrogens (tertiary/aromatic N) is 4. The van der Waals surface area contributed by atoms with Crippen LogP contribution >= 0.6 is 11.6 Å². The molecule has 5 rings (SSSR count). The van der Waals surface area contributed by atoms with E-state index >= 15 is 0 Å². The molecule has 0 atom stereocenters. The molecule has 0 aliphatic carbocycles. The number of aromatic nitrogens is 2. The second-order valence-electron chi connectivity index (χ2n) is 9.92. The van der Waals surface area contributed by atoms with Crippen molar-refractivity contribution in [1.29, 1.82) is 0 Å². The summed E-state index contributed by atoms with van der Waals surface area (Å²) in [6, 6.07) is 2.67. The molecular formula is C24H14ClCuF2N5Na4O15S4+4. The van der Waals surface area contributed by atoms with Gasteiger partial charge in [0.15, 0.2) is 11.6 Å². The van der Waals surface area contributed by atoms with Gasteiger partial charge in [-0.1, -0.05) is 11.6 Å². The number of halogens is 3. The van der Waals surface area contributed by atoms with Crippen molar-refractivity contribution in [3.63, 3.8) is 0 Å². The molecule has 0 fully saturated rings. The van der Waals surface area contributed by atoms with E-state index in [0.29, 0.717) is 36.4 Å². The normalized spacial score (nSPS) is 11.8. The van der Waals surface area contributed by atoms with Crippen molar-refractivity contribution in [2.75, 3.05) is 5.32 Å². The van der Waals surface area contributed by atoms with Crippen LogP contribution in [0.1, 0.15) is 0 Å². The third kappa shape index (κ3) is 11.7. The third-order valence-electron chi connectivity index (χ3n) is 6.65. The van der Waals surface area contributed by atoms with Gasteiger partial charge in [-0.25, -0.2) is 0 Å². The van der Waals surface area contributed by atoms with Crippen LogP contribution in [0.4, 0.5) is 31.7 Å². The Kier molecular flexibility index (Phi) is 19.8. The van der Waals surface area contributed by atoms with Crippen LogP contribution in [-0.4, -0.2) is 77.2 Å². The molecule has 56 heavy (non-hydrogen) atoms. The molecule has 1 radical (unpaired) electrons. The maximum Gasteiger partial charge on any atom is 1.00 e. The fraction of sp³-hybridized carbons (Fsp3) is 0. The SMILES string of the molecule is O=S(=O)(O)c1cc(O)c2c(N=Nc3cc(S(=O)(=O)O)c4cc(Nc5nc(F)nc(F)c5Cl)cc(S(=O)(=O)O)c4c3O)c(O)cc(S(=O)(=O)O)c2c1.[Cu].[Na+].[Na+].[Na+].[Na+]. The predicted octanol–water partition coefficient (Wildman–Crippen LogP) is -8.01. The first kappa shape index (κ1) is 55.6. The molecule has 4 aromatic carbocycles. The molecule has 32 heteroatoms. The van der Waals surface area contributed by atoms with Gasteiger partial charge in [0.1, 0.15) is 42.6 Å². The van der Waals surface area contributed by atoms with Gasteiger partial charge in [-0.3, -0.25) is 18.2 Å². The van der Waals surface area contributed by atoms with Gasteiger partial charge in [0.2, 0.25) is 5.95 Å². The first-order valence-corrected chi connectivity index (χ1v) is 18.8. The number of fused-ring (bicyclic) bond motifs is 2. The maximum absolute atomic E-state index is 13.9. The number of rotatable bonds is 8. The van der Waals surface area contributed by atoms with E-state index in [0.717, 1.165) is 0 Å². The van der Waals surface area contributed by atoms with Gasteiger partial charge in [-0.2, -0.15) is 52.4 Å². The molecule has 0 spiro atoms. The number of phenolic OH excluding ortho intramolecular Hbond substituents is 3. The molecule has 1 heterocycles. The van der Waals surface area contributed by atoms with E-state index in [-0.39, 0.29) is 135 Å². The second-order valence-corrected chi connectivity index (χ2v) is 15.9. The molecule has 0 aliphatic rings. The fourth-order valence-corrected chi connectivity index (χ4v) is 7.44. The van der Waals surface area contributed by atoms with Gasteiger partial charge >= 0.3 is 124 Å². The first-order valence-electron chi connectivity index (χ1n) is 12.6. The van der Waals surface area contributed by atoms with Crippen molar-refractivity contribution in [2.24, 2.45) is 10.2 Å². The zero-order valence-corrected chi connectivity index (χ0v) is 41.2. The Bertz CT molecular complexity index is 2890. The van der Waals surface area contributed by atoms with Crippen LogP contribution in [0.15, 0.2) is 66.2 Å². The Hall–Kier alpha value is -0.411. The quantitative estimate of drug-likeness (QED) is 0.0235. The Labute approximate surface area is 417 Å². The van der Waals surface area contributed by atoms with E-state index in [1.165, 1.54) is 0 Å². The number of anilines is 2. The standard InChI is InChI=1S/C24H14ClF2N5O15S4.Cu.4Na/c25-19-22(26)29-24(27)30-23(19)28-7-1-9-14(49(39,40)41)5-11(21(35)18(9)16(2-7)51(45,46)47)31-32-20-13(34)6-15(50(42,43)44)10-3-8(48(36,37)38)4-12(33)17(10)20;;;;;/h1-6,33-35H,(H,28,29,30)(H,36,37,38)(H,39,40,41)(H,42,43,44)(H,45,46,47);;;;;/q;;4*+1. The predicted molar refractivity (Wildman–Crippen MR) is 167 cm³/mol. The molecule has 1 aromatic heterocycles. The van der Waals surface area contributed by atoms with Crippen molar-refractivity contribution >= 4 is 96.5 Å². The Morgan fingerprint density at radius 1 is 0.625 bits per heavy atom. The van der Waals surface area contributed by atoms with Crippen LogP contribution in [0.3, 0.4) is 0 Å². The summed E-state index contributed by atoms with van der Waals surface area (Å²) in [5.41, 5.74) is -2.63. The molecule has 20 nitrogen and oxygen atoms in total. The van der Waals surface area contributed by atoms with Gasteiger partial charge in [0.05, 0.1) is 10.3 Å². The average molecular weight is 970 g/mol. The van der Waals surface area contributed by atoms with E-state index in [9.17, 15) is 76.0 Å². The summed E-state index contributed by atoms with van der Waals surface area (Å²) in [5, 5.41) is 36.8. The maximum atomic E-state index is 13.9. The summed E-state index contributed by atoms with van der Waals surface area (Å²) >= 11 is 5.70. The number of azo groups is 1. The van der Waals surface area contributed by atoms with Gasteiger partial charge in [0, 0.05) is 51.0 Å². The van der Waals surface area contributed by atoms with Crippen molar-refractivity contribution in [3.05, 3.63) is 53.4 Å².